The van der Waals surface area contributed by atoms with Crippen molar-refractivity contribution in [2.75, 3.05) is 26.2 Å². The Morgan fingerprint density at radius 1 is 1.25 bits per heavy atom. The highest BCUT2D eigenvalue weighted by Crippen LogP contribution is 2.11. The van der Waals surface area contributed by atoms with Gasteiger partial charge in [0.05, 0.1) is 13.1 Å². The number of rotatable bonds is 8. The number of carbonyl (C=O) groups is 2. The number of nitrogens with two attached hydrogens (primary N) is 1. The lowest BCUT2D eigenvalue weighted by molar-refractivity contribution is -0.125. The van der Waals surface area contributed by atoms with Crippen LogP contribution in [0.25, 0.3) is 0 Å². The van der Waals surface area contributed by atoms with Crippen LogP contribution in [0.4, 0.5) is 0 Å². The smallest absolute Gasteiger partial charge is 0.234 e. The summed E-state index contributed by atoms with van der Waals surface area (Å²) < 4.78 is 0. The third-order valence-corrected chi connectivity index (χ3v) is 3.88. The molecule has 1 fully saturated rings. The van der Waals surface area contributed by atoms with Crippen LogP contribution in [0.5, 0.6) is 0 Å². The first kappa shape index (κ1) is 16.9. The van der Waals surface area contributed by atoms with Gasteiger partial charge in [-0.3, -0.25) is 14.5 Å². The quantitative estimate of drug-likeness (QED) is 0.577. The molecule has 0 bridgehead atoms. The normalized spacial score (nSPS) is 16.6. The molecule has 4 N–H and O–H groups in total. The van der Waals surface area contributed by atoms with E-state index in [1.807, 2.05) is 4.90 Å². The molecule has 116 valence electrons. The van der Waals surface area contributed by atoms with Crippen molar-refractivity contribution in [2.24, 2.45) is 5.73 Å². The topological polar surface area (TPSA) is 87.5 Å². The molecule has 6 heteroatoms. The molecule has 1 aliphatic rings. The number of piperidine rings is 1. The van der Waals surface area contributed by atoms with Crippen LogP contribution in [0.3, 0.4) is 0 Å². The minimum Gasteiger partial charge on any atom is -0.369 e. The Balaban J connectivity index is 2.54. The fraction of sp³-hybridized carbons (Fsp3) is 0.857. The Labute approximate surface area is 121 Å². The molecule has 1 rings (SSSR count). The fourth-order valence-corrected chi connectivity index (χ4v) is 2.64. The summed E-state index contributed by atoms with van der Waals surface area (Å²) in [4.78, 5) is 25.2. The highest BCUT2D eigenvalue weighted by atomic mass is 16.2. The highest BCUT2D eigenvalue weighted by molar-refractivity contribution is 5.80. The van der Waals surface area contributed by atoms with Crippen LogP contribution in [0.2, 0.25) is 0 Å². The van der Waals surface area contributed by atoms with Gasteiger partial charge in [-0.2, -0.15) is 0 Å². The van der Waals surface area contributed by atoms with Gasteiger partial charge in [0.1, 0.15) is 0 Å². The molecule has 0 saturated carbocycles. The van der Waals surface area contributed by atoms with Crippen molar-refractivity contribution in [3.63, 3.8) is 0 Å². The SMILES string of the molecule is CCC(CC)NC(=O)CN(CC(N)=O)C1CCNCC1. The van der Waals surface area contributed by atoms with E-state index >= 15 is 0 Å². The largest absolute Gasteiger partial charge is 0.369 e. The molecule has 6 nitrogen and oxygen atoms in total. The van der Waals surface area contributed by atoms with Gasteiger partial charge in [-0.25, -0.2) is 0 Å². The maximum absolute atomic E-state index is 12.1. The third-order valence-electron chi connectivity index (χ3n) is 3.88. The Bertz CT molecular complexity index is 312. The number of primary amides is 1. The summed E-state index contributed by atoms with van der Waals surface area (Å²) in [6.07, 6.45) is 3.74. The molecule has 0 spiro atoms. The number of carbonyl (C=O) groups excluding carboxylic acids is 2. The Morgan fingerprint density at radius 2 is 1.85 bits per heavy atom. The van der Waals surface area contributed by atoms with Crippen LogP contribution in [-0.2, 0) is 9.59 Å². The lowest BCUT2D eigenvalue weighted by Crippen LogP contribution is -2.51. The Kier molecular flexibility index (Phi) is 7.54. The van der Waals surface area contributed by atoms with E-state index in [4.69, 9.17) is 5.73 Å². The number of nitrogens with zero attached hydrogens (tertiary/aromatic N) is 1. The van der Waals surface area contributed by atoms with E-state index in [1.165, 1.54) is 0 Å². The summed E-state index contributed by atoms with van der Waals surface area (Å²) in [5.74, 6) is -0.391. The first-order valence-electron chi connectivity index (χ1n) is 7.59. The first-order valence-corrected chi connectivity index (χ1v) is 7.59. The molecule has 0 unspecified atom stereocenters. The summed E-state index contributed by atoms with van der Waals surface area (Å²) in [5, 5.41) is 6.29. The van der Waals surface area contributed by atoms with Crippen molar-refractivity contribution in [3.8, 4) is 0 Å². The van der Waals surface area contributed by atoms with E-state index in [9.17, 15) is 9.59 Å². The Morgan fingerprint density at radius 3 is 2.35 bits per heavy atom. The van der Waals surface area contributed by atoms with Gasteiger partial charge in [0.25, 0.3) is 0 Å². The van der Waals surface area contributed by atoms with E-state index in [0.29, 0.717) is 0 Å². The number of nitrogens with one attached hydrogen (secondary N) is 2. The van der Waals surface area contributed by atoms with Gasteiger partial charge in [-0.1, -0.05) is 13.8 Å². The second-order valence-corrected chi connectivity index (χ2v) is 5.43. The summed E-state index contributed by atoms with van der Waals surface area (Å²) in [6.45, 7) is 6.37. The number of hydrogen-bond donors (Lipinski definition) is 3. The fourth-order valence-electron chi connectivity index (χ4n) is 2.64. The zero-order chi connectivity index (χ0) is 15.0. The maximum Gasteiger partial charge on any atom is 0.234 e. The number of hydrogen-bond acceptors (Lipinski definition) is 4. The zero-order valence-electron chi connectivity index (χ0n) is 12.7. The minimum absolute atomic E-state index is 0.0153. The van der Waals surface area contributed by atoms with Gasteiger partial charge in [0.2, 0.25) is 11.8 Å². The van der Waals surface area contributed by atoms with Gasteiger partial charge in [0, 0.05) is 12.1 Å². The lowest BCUT2D eigenvalue weighted by Gasteiger charge is -2.33. The zero-order valence-corrected chi connectivity index (χ0v) is 12.7. The summed E-state index contributed by atoms with van der Waals surface area (Å²) >= 11 is 0. The molecule has 0 aromatic carbocycles. The molecule has 1 aliphatic heterocycles. The third kappa shape index (κ3) is 5.88. The average molecular weight is 284 g/mol. The second kappa shape index (κ2) is 8.92. The van der Waals surface area contributed by atoms with Crippen molar-refractivity contribution in [2.45, 2.75) is 51.6 Å². The molecule has 0 aromatic heterocycles. The van der Waals surface area contributed by atoms with Gasteiger partial charge in [0.15, 0.2) is 0 Å². The van der Waals surface area contributed by atoms with Gasteiger partial charge in [-0.05, 0) is 38.8 Å². The molecular weight excluding hydrogens is 256 g/mol. The molecular formula is C14H28N4O2. The van der Waals surface area contributed by atoms with Crippen molar-refractivity contribution < 1.29 is 9.59 Å². The number of amides is 2. The standard InChI is InChI=1S/C14H28N4O2/c1-3-11(4-2)17-14(20)10-18(9-13(15)19)12-5-7-16-8-6-12/h11-12,16H,3-10H2,1-2H3,(H2,15,19)(H,17,20). The predicted octanol–water partition coefficient (Wildman–Crippen LogP) is -0.169. The summed E-state index contributed by atoms with van der Waals surface area (Å²) in [6, 6.07) is 0.474. The van der Waals surface area contributed by atoms with E-state index in [2.05, 4.69) is 24.5 Å². The molecule has 1 saturated heterocycles. The summed E-state index contributed by atoms with van der Waals surface area (Å²) in [7, 11) is 0. The van der Waals surface area contributed by atoms with E-state index in [1.54, 1.807) is 0 Å². The van der Waals surface area contributed by atoms with E-state index in [0.717, 1.165) is 38.8 Å². The van der Waals surface area contributed by atoms with E-state index in [-0.39, 0.29) is 37.0 Å². The van der Waals surface area contributed by atoms with Crippen molar-refractivity contribution in [1.82, 2.24) is 15.5 Å². The average Bonchev–Trinajstić information content (AvgIpc) is 2.44. The van der Waals surface area contributed by atoms with Crippen LogP contribution >= 0.6 is 0 Å². The predicted molar refractivity (Wildman–Crippen MR) is 79.2 cm³/mol. The van der Waals surface area contributed by atoms with E-state index < -0.39 is 0 Å². The van der Waals surface area contributed by atoms with Crippen LogP contribution in [-0.4, -0.2) is 55.0 Å². The van der Waals surface area contributed by atoms with Crippen molar-refractivity contribution >= 4 is 11.8 Å². The molecule has 1 heterocycles. The molecule has 0 atom stereocenters. The van der Waals surface area contributed by atoms with Crippen LogP contribution in [0.15, 0.2) is 0 Å². The Hall–Kier alpha value is -1.14. The van der Waals surface area contributed by atoms with Crippen LogP contribution in [0, 0.1) is 0 Å². The summed E-state index contributed by atoms with van der Waals surface area (Å²) in [5.41, 5.74) is 5.30. The van der Waals surface area contributed by atoms with Gasteiger partial charge in [-0.15, -0.1) is 0 Å². The molecule has 0 radical (unpaired) electrons. The molecule has 0 aromatic rings. The van der Waals surface area contributed by atoms with Crippen LogP contribution < -0.4 is 16.4 Å². The van der Waals surface area contributed by atoms with Crippen molar-refractivity contribution in [3.05, 3.63) is 0 Å². The second-order valence-electron chi connectivity index (χ2n) is 5.43. The first-order chi connectivity index (χ1) is 9.56. The van der Waals surface area contributed by atoms with Crippen molar-refractivity contribution in [1.29, 1.82) is 0 Å². The lowest BCUT2D eigenvalue weighted by atomic mass is 10.0. The van der Waals surface area contributed by atoms with Gasteiger partial charge < -0.3 is 16.4 Å². The molecule has 20 heavy (non-hydrogen) atoms. The highest BCUT2D eigenvalue weighted by Gasteiger charge is 2.24. The molecule has 0 aliphatic carbocycles. The van der Waals surface area contributed by atoms with Crippen LogP contribution in [0.1, 0.15) is 39.5 Å². The van der Waals surface area contributed by atoms with Gasteiger partial charge >= 0.3 is 0 Å². The molecule has 2 amide bonds. The monoisotopic (exact) mass is 284 g/mol. The maximum atomic E-state index is 12.1. The minimum atomic E-state index is -0.376.